The van der Waals surface area contributed by atoms with Crippen molar-refractivity contribution in [2.45, 2.75) is 13.3 Å². The number of carbonyl (C=O) groups is 1. The third-order valence-electron chi connectivity index (χ3n) is 2.50. The predicted molar refractivity (Wildman–Crippen MR) is 68.6 cm³/mol. The Morgan fingerprint density at radius 1 is 1.41 bits per heavy atom. The molecule has 0 saturated carbocycles. The van der Waals surface area contributed by atoms with Crippen LogP contribution in [0.1, 0.15) is 22.5 Å². The molecule has 0 spiro atoms. The maximum Gasteiger partial charge on any atom is 0.287 e. The molecule has 0 unspecified atom stereocenters. The molecule has 0 atom stereocenters. The minimum atomic E-state index is -0.191. The minimum absolute atomic E-state index is 0.191. The third kappa shape index (κ3) is 2.80. The van der Waals surface area contributed by atoms with Crippen LogP contribution in [-0.2, 0) is 0 Å². The Balaban J connectivity index is 2.15. The van der Waals surface area contributed by atoms with Gasteiger partial charge in [-0.15, -0.1) is 11.6 Å². The molecule has 0 aliphatic carbocycles. The molecule has 0 aliphatic heterocycles. The molecule has 0 radical (unpaired) electrons. The molecule has 1 aromatic heterocycles. The zero-order valence-electron chi connectivity index (χ0n) is 9.63. The van der Waals surface area contributed by atoms with Crippen molar-refractivity contribution in [3.05, 3.63) is 35.6 Å². The fourth-order valence-corrected chi connectivity index (χ4v) is 1.74. The second-order valence-corrected chi connectivity index (χ2v) is 4.33. The van der Waals surface area contributed by atoms with Crippen molar-refractivity contribution in [2.75, 3.05) is 12.4 Å². The Bertz CT molecular complexity index is 533. The van der Waals surface area contributed by atoms with Crippen LogP contribution in [0.2, 0.25) is 0 Å². The van der Waals surface area contributed by atoms with Crippen LogP contribution < -0.4 is 5.32 Å². The second-order valence-electron chi connectivity index (χ2n) is 3.95. The van der Waals surface area contributed by atoms with Crippen LogP contribution in [0.3, 0.4) is 0 Å². The topological polar surface area (TPSA) is 42.2 Å². The van der Waals surface area contributed by atoms with Crippen molar-refractivity contribution < 1.29 is 9.21 Å². The maximum atomic E-state index is 11.7. The highest BCUT2D eigenvalue weighted by atomic mass is 35.5. The quantitative estimate of drug-likeness (QED) is 0.670. The van der Waals surface area contributed by atoms with E-state index in [2.05, 4.69) is 5.32 Å². The van der Waals surface area contributed by atoms with Gasteiger partial charge in [0.05, 0.1) is 0 Å². The Morgan fingerprint density at radius 3 is 3.00 bits per heavy atom. The Hall–Kier alpha value is -1.48. The number of nitrogens with one attached hydrogen (secondary N) is 1. The molecular formula is C13H14ClNO2. The number of furan rings is 1. The lowest BCUT2D eigenvalue weighted by Crippen LogP contribution is -2.24. The summed E-state index contributed by atoms with van der Waals surface area (Å²) in [5.41, 5.74) is 1.86. The molecule has 4 heteroatoms. The first-order chi connectivity index (χ1) is 8.20. The van der Waals surface area contributed by atoms with E-state index in [1.54, 1.807) is 6.07 Å². The highest BCUT2D eigenvalue weighted by Gasteiger charge is 2.11. The maximum absolute atomic E-state index is 11.7. The molecule has 1 N–H and O–H groups in total. The lowest BCUT2D eigenvalue weighted by Gasteiger charge is -1.99. The van der Waals surface area contributed by atoms with E-state index in [1.807, 2.05) is 25.1 Å². The summed E-state index contributed by atoms with van der Waals surface area (Å²) in [5.74, 6) is 0.698. The van der Waals surface area contributed by atoms with E-state index in [1.165, 1.54) is 0 Å². The highest BCUT2D eigenvalue weighted by molar-refractivity contribution is 6.17. The Morgan fingerprint density at radius 2 is 2.24 bits per heavy atom. The molecule has 2 aromatic rings. The summed E-state index contributed by atoms with van der Waals surface area (Å²) in [6.07, 6.45) is 0.757. The molecule has 2 rings (SSSR count). The van der Waals surface area contributed by atoms with E-state index in [0.717, 1.165) is 23.0 Å². The minimum Gasteiger partial charge on any atom is -0.451 e. The van der Waals surface area contributed by atoms with E-state index in [-0.39, 0.29) is 5.91 Å². The van der Waals surface area contributed by atoms with Gasteiger partial charge in [-0.25, -0.2) is 0 Å². The van der Waals surface area contributed by atoms with Gasteiger partial charge in [-0.1, -0.05) is 12.1 Å². The van der Waals surface area contributed by atoms with Crippen molar-refractivity contribution in [2.24, 2.45) is 0 Å². The van der Waals surface area contributed by atoms with Crippen molar-refractivity contribution in [1.29, 1.82) is 0 Å². The number of benzene rings is 1. The van der Waals surface area contributed by atoms with Gasteiger partial charge in [0.15, 0.2) is 5.76 Å². The lowest BCUT2D eigenvalue weighted by molar-refractivity contribution is 0.0928. The standard InChI is InChI=1S/C13H14ClNO2/c1-9-3-4-10-8-12(17-11(10)7-9)13(16)15-6-2-5-14/h3-4,7-8H,2,5-6H2,1H3,(H,15,16). The molecule has 3 nitrogen and oxygen atoms in total. The van der Waals surface area contributed by atoms with Crippen LogP contribution in [0, 0.1) is 6.92 Å². The Labute approximate surface area is 105 Å². The van der Waals surface area contributed by atoms with Gasteiger partial charge in [0.1, 0.15) is 5.58 Å². The number of hydrogen-bond acceptors (Lipinski definition) is 2. The number of hydrogen-bond donors (Lipinski definition) is 1. The van der Waals surface area contributed by atoms with Gasteiger partial charge in [-0.3, -0.25) is 4.79 Å². The van der Waals surface area contributed by atoms with Gasteiger partial charge in [0.2, 0.25) is 0 Å². The van der Waals surface area contributed by atoms with E-state index in [0.29, 0.717) is 18.2 Å². The number of carbonyl (C=O) groups excluding carboxylic acids is 1. The van der Waals surface area contributed by atoms with Crippen LogP contribution in [0.5, 0.6) is 0 Å². The number of alkyl halides is 1. The SMILES string of the molecule is Cc1ccc2cc(C(=O)NCCCCl)oc2c1. The monoisotopic (exact) mass is 251 g/mol. The molecule has 0 aliphatic rings. The summed E-state index contributed by atoms with van der Waals surface area (Å²) in [4.78, 5) is 11.7. The normalized spacial score (nSPS) is 10.7. The largest absolute Gasteiger partial charge is 0.451 e. The summed E-state index contributed by atoms with van der Waals surface area (Å²) in [5, 5.41) is 3.70. The van der Waals surface area contributed by atoms with Crippen LogP contribution in [0.4, 0.5) is 0 Å². The number of fused-ring (bicyclic) bond motifs is 1. The van der Waals surface area contributed by atoms with Gasteiger partial charge in [-0.2, -0.15) is 0 Å². The molecule has 1 heterocycles. The highest BCUT2D eigenvalue weighted by Crippen LogP contribution is 2.20. The van der Waals surface area contributed by atoms with E-state index < -0.39 is 0 Å². The zero-order chi connectivity index (χ0) is 12.3. The van der Waals surface area contributed by atoms with Crippen LogP contribution in [0.25, 0.3) is 11.0 Å². The molecule has 1 aromatic carbocycles. The van der Waals surface area contributed by atoms with Crippen molar-refractivity contribution in [1.82, 2.24) is 5.32 Å². The van der Waals surface area contributed by atoms with Crippen LogP contribution >= 0.6 is 11.6 Å². The molecule has 1 amide bonds. The van der Waals surface area contributed by atoms with Gasteiger partial charge in [0, 0.05) is 17.8 Å². The number of halogens is 1. The molecule has 0 saturated heterocycles. The average molecular weight is 252 g/mol. The first-order valence-corrected chi connectivity index (χ1v) is 6.08. The summed E-state index contributed by atoms with van der Waals surface area (Å²) in [7, 11) is 0. The first kappa shape index (κ1) is 12.0. The molecule has 0 fully saturated rings. The Kier molecular flexibility index (Phi) is 3.69. The predicted octanol–water partition coefficient (Wildman–Crippen LogP) is 3.10. The molecule has 17 heavy (non-hydrogen) atoms. The fourth-order valence-electron chi connectivity index (χ4n) is 1.61. The third-order valence-corrected chi connectivity index (χ3v) is 2.76. The lowest BCUT2D eigenvalue weighted by atomic mass is 10.2. The summed E-state index contributed by atoms with van der Waals surface area (Å²) in [6, 6.07) is 7.62. The van der Waals surface area contributed by atoms with E-state index >= 15 is 0 Å². The summed E-state index contributed by atoms with van der Waals surface area (Å²) >= 11 is 5.54. The summed E-state index contributed by atoms with van der Waals surface area (Å²) in [6.45, 7) is 2.56. The van der Waals surface area contributed by atoms with Crippen molar-refractivity contribution >= 4 is 28.5 Å². The molecular weight excluding hydrogens is 238 g/mol. The molecule has 0 bridgehead atoms. The van der Waals surface area contributed by atoms with Crippen LogP contribution in [-0.4, -0.2) is 18.3 Å². The van der Waals surface area contributed by atoms with Gasteiger partial charge < -0.3 is 9.73 Å². The second kappa shape index (κ2) is 5.23. The van der Waals surface area contributed by atoms with Crippen molar-refractivity contribution in [3.8, 4) is 0 Å². The number of aryl methyl sites for hydroxylation is 1. The zero-order valence-corrected chi connectivity index (χ0v) is 10.4. The first-order valence-electron chi connectivity index (χ1n) is 5.55. The molecule has 90 valence electrons. The van der Waals surface area contributed by atoms with Crippen LogP contribution in [0.15, 0.2) is 28.7 Å². The summed E-state index contributed by atoms with van der Waals surface area (Å²) < 4.78 is 5.50. The number of rotatable bonds is 4. The van der Waals surface area contributed by atoms with Crippen molar-refractivity contribution in [3.63, 3.8) is 0 Å². The van der Waals surface area contributed by atoms with Gasteiger partial charge in [-0.05, 0) is 31.0 Å². The van der Waals surface area contributed by atoms with E-state index in [4.69, 9.17) is 16.0 Å². The fraction of sp³-hybridized carbons (Fsp3) is 0.308. The number of amides is 1. The van der Waals surface area contributed by atoms with Gasteiger partial charge in [0.25, 0.3) is 5.91 Å². The van der Waals surface area contributed by atoms with E-state index in [9.17, 15) is 4.79 Å². The van der Waals surface area contributed by atoms with Gasteiger partial charge >= 0.3 is 0 Å². The average Bonchev–Trinajstić information content (AvgIpc) is 2.72. The smallest absolute Gasteiger partial charge is 0.287 e.